The lowest BCUT2D eigenvalue weighted by molar-refractivity contribution is -0.115. The molecule has 2 N–H and O–H groups in total. The number of ether oxygens (including phenoxy) is 1. The van der Waals surface area contributed by atoms with Gasteiger partial charge in [0.25, 0.3) is 5.56 Å². The van der Waals surface area contributed by atoms with Crippen molar-refractivity contribution in [1.29, 1.82) is 0 Å². The molecule has 0 fully saturated rings. The van der Waals surface area contributed by atoms with Gasteiger partial charge in [-0.15, -0.1) is 0 Å². The van der Waals surface area contributed by atoms with Crippen molar-refractivity contribution in [3.8, 4) is 5.75 Å². The molecular formula is C17H15N3O3. The molecule has 116 valence electrons. The lowest BCUT2D eigenvalue weighted by Gasteiger charge is -2.09. The molecule has 0 bridgehead atoms. The van der Waals surface area contributed by atoms with Crippen LogP contribution in [0.2, 0.25) is 0 Å². The van der Waals surface area contributed by atoms with Crippen molar-refractivity contribution >= 4 is 22.5 Å². The topological polar surface area (TPSA) is 84.1 Å². The molecule has 23 heavy (non-hydrogen) atoms. The predicted octanol–water partition coefficient (Wildman–Crippen LogP) is 2.11. The number of amides is 1. The van der Waals surface area contributed by atoms with E-state index in [1.165, 1.54) is 7.11 Å². The summed E-state index contributed by atoms with van der Waals surface area (Å²) in [6, 6.07) is 14.1. The molecule has 0 aliphatic rings. The third kappa shape index (κ3) is 3.21. The molecule has 3 aromatic rings. The summed E-state index contributed by atoms with van der Waals surface area (Å²) < 4.78 is 5.19. The molecule has 0 radical (unpaired) electrons. The summed E-state index contributed by atoms with van der Waals surface area (Å²) in [6.07, 6.45) is -0.0296. The number of hydrogen-bond acceptors (Lipinski definition) is 4. The van der Waals surface area contributed by atoms with Crippen LogP contribution in [0.4, 0.5) is 5.69 Å². The predicted molar refractivity (Wildman–Crippen MR) is 87.7 cm³/mol. The monoisotopic (exact) mass is 309 g/mol. The number of para-hydroxylation sites is 3. The van der Waals surface area contributed by atoms with E-state index in [4.69, 9.17) is 4.74 Å². The number of aromatic amines is 1. The van der Waals surface area contributed by atoms with Gasteiger partial charge in [-0.3, -0.25) is 9.59 Å². The van der Waals surface area contributed by atoms with Gasteiger partial charge in [0.2, 0.25) is 5.91 Å². The fourth-order valence-electron chi connectivity index (χ4n) is 2.31. The Kier molecular flexibility index (Phi) is 4.05. The number of benzene rings is 2. The van der Waals surface area contributed by atoms with Crippen LogP contribution < -0.4 is 15.6 Å². The summed E-state index contributed by atoms with van der Waals surface area (Å²) in [6.45, 7) is 0. The second kappa shape index (κ2) is 6.31. The normalized spacial score (nSPS) is 10.5. The van der Waals surface area contributed by atoms with Gasteiger partial charge >= 0.3 is 0 Å². The SMILES string of the molecule is COc1ccccc1NC(=O)Cc1nc2ccccc2c(=O)[nH]1. The molecule has 0 saturated heterocycles. The number of nitrogens with zero attached hydrogens (tertiary/aromatic N) is 1. The Morgan fingerprint density at radius 3 is 2.74 bits per heavy atom. The zero-order valence-corrected chi connectivity index (χ0v) is 12.5. The van der Waals surface area contributed by atoms with E-state index in [0.29, 0.717) is 28.2 Å². The molecule has 0 atom stereocenters. The van der Waals surface area contributed by atoms with E-state index in [1.807, 2.05) is 6.07 Å². The third-order valence-corrected chi connectivity index (χ3v) is 3.37. The summed E-state index contributed by atoms with van der Waals surface area (Å²) >= 11 is 0. The number of nitrogens with one attached hydrogen (secondary N) is 2. The summed E-state index contributed by atoms with van der Waals surface area (Å²) in [5.41, 5.74) is 0.884. The summed E-state index contributed by atoms with van der Waals surface area (Å²) in [5, 5.41) is 3.25. The second-order valence-electron chi connectivity index (χ2n) is 4.96. The van der Waals surface area contributed by atoms with Gasteiger partial charge < -0.3 is 15.0 Å². The number of carbonyl (C=O) groups excluding carboxylic acids is 1. The number of rotatable bonds is 4. The minimum absolute atomic E-state index is 0.0296. The van der Waals surface area contributed by atoms with E-state index >= 15 is 0 Å². The molecule has 0 unspecified atom stereocenters. The molecule has 0 spiro atoms. The number of anilines is 1. The highest BCUT2D eigenvalue weighted by Gasteiger charge is 2.10. The maximum Gasteiger partial charge on any atom is 0.258 e. The first-order valence-corrected chi connectivity index (χ1v) is 7.08. The summed E-state index contributed by atoms with van der Waals surface area (Å²) in [5.74, 6) is 0.606. The van der Waals surface area contributed by atoms with E-state index in [0.717, 1.165) is 0 Å². The van der Waals surface area contributed by atoms with Gasteiger partial charge in [0.15, 0.2) is 0 Å². The maximum absolute atomic E-state index is 12.2. The molecule has 3 rings (SSSR count). The first-order chi connectivity index (χ1) is 11.2. The van der Waals surface area contributed by atoms with Crippen LogP contribution in [-0.4, -0.2) is 23.0 Å². The van der Waals surface area contributed by atoms with Crippen molar-refractivity contribution < 1.29 is 9.53 Å². The number of hydrogen-bond donors (Lipinski definition) is 2. The van der Waals surface area contributed by atoms with Crippen LogP contribution in [0.3, 0.4) is 0 Å². The zero-order valence-electron chi connectivity index (χ0n) is 12.5. The van der Waals surface area contributed by atoms with Crippen LogP contribution in [0.5, 0.6) is 5.75 Å². The largest absolute Gasteiger partial charge is 0.495 e. The van der Waals surface area contributed by atoms with Crippen LogP contribution in [-0.2, 0) is 11.2 Å². The average Bonchev–Trinajstić information content (AvgIpc) is 2.55. The van der Waals surface area contributed by atoms with E-state index in [-0.39, 0.29) is 17.9 Å². The van der Waals surface area contributed by atoms with Crippen molar-refractivity contribution in [1.82, 2.24) is 9.97 Å². The molecule has 6 nitrogen and oxygen atoms in total. The second-order valence-corrected chi connectivity index (χ2v) is 4.96. The van der Waals surface area contributed by atoms with Gasteiger partial charge in [0.05, 0.1) is 30.1 Å². The molecule has 0 aliphatic carbocycles. The maximum atomic E-state index is 12.2. The smallest absolute Gasteiger partial charge is 0.258 e. The van der Waals surface area contributed by atoms with Crippen molar-refractivity contribution in [3.05, 3.63) is 64.7 Å². The van der Waals surface area contributed by atoms with Gasteiger partial charge in [-0.1, -0.05) is 24.3 Å². The van der Waals surface area contributed by atoms with Crippen molar-refractivity contribution in [2.75, 3.05) is 12.4 Å². The Morgan fingerprint density at radius 1 is 1.17 bits per heavy atom. The van der Waals surface area contributed by atoms with Gasteiger partial charge in [0, 0.05) is 0 Å². The first kappa shape index (κ1) is 14.8. The van der Waals surface area contributed by atoms with E-state index in [9.17, 15) is 9.59 Å². The van der Waals surface area contributed by atoms with Crippen molar-refractivity contribution in [3.63, 3.8) is 0 Å². The molecule has 1 heterocycles. The van der Waals surface area contributed by atoms with E-state index in [2.05, 4.69) is 15.3 Å². The van der Waals surface area contributed by atoms with Crippen LogP contribution in [0.15, 0.2) is 53.3 Å². The first-order valence-electron chi connectivity index (χ1n) is 7.08. The Labute approximate surface area is 132 Å². The van der Waals surface area contributed by atoms with Crippen molar-refractivity contribution in [2.24, 2.45) is 0 Å². The third-order valence-electron chi connectivity index (χ3n) is 3.37. The molecule has 1 amide bonds. The van der Waals surface area contributed by atoms with Gasteiger partial charge in [0.1, 0.15) is 11.6 Å². The molecule has 1 aromatic heterocycles. The standard InChI is InChI=1S/C17H15N3O3/c1-23-14-9-5-4-8-13(14)19-16(21)10-15-18-12-7-3-2-6-11(12)17(22)20-15/h2-9H,10H2,1H3,(H,19,21)(H,18,20,22). The average molecular weight is 309 g/mol. The van der Waals surface area contributed by atoms with Crippen LogP contribution in [0, 0.1) is 0 Å². The summed E-state index contributed by atoms with van der Waals surface area (Å²) in [4.78, 5) is 31.1. The molecule has 0 aliphatic heterocycles. The lowest BCUT2D eigenvalue weighted by Crippen LogP contribution is -2.20. The number of fused-ring (bicyclic) bond motifs is 1. The van der Waals surface area contributed by atoms with Gasteiger partial charge in [-0.25, -0.2) is 4.98 Å². The number of aromatic nitrogens is 2. The fourth-order valence-corrected chi connectivity index (χ4v) is 2.31. The minimum atomic E-state index is -0.284. The van der Waals surface area contributed by atoms with Crippen LogP contribution in [0.1, 0.15) is 5.82 Å². The van der Waals surface area contributed by atoms with Crippen molar-refractivity contribution in [2.45, 2.75) is 6.42 Å². The molecular weight excluding hydrogens is 294 g/mol. The Bertz CT molecular complexity index is 918. The Balaban J connectivity index is 1.82. The Morgan fingerprint density at radius 2 is 1.91 bits per heavy atom. The highest BCUT2D eigenvalue weighted by atomic mass is 16.5. The highest BCUT2D eigenvalue weighted by molar-refractivity contribution is 5.93. The molecule has 0 saturated carbocycles. The Hall–Kier alpha value is -3.15. The van der Waals surface area contributed by atoms with Crippen LogP contribution in [0.25, 0.3) is 10.9 Å². The molecule has 2 aromatic carbocycles. The molecule has 6 heteroatoms. The minimum Gasteiger partial charge on any atom is -0.495 e. The van der Waals surface area contributed by atoms with Crippen LogP contribution >= 0.6 is 0 Å². The van der Waals surface area contributed by atoms with E-state index < -0.39 is 0 Å². The number of carbonyl (C=O) groups is 1. The summed E-state index contributed by atoms with van der Waals surface area (Å²) in [7, 11) is 1.54. The van der Waals surface area contributed by atoms with E-state index in [1.54, 1.807) is 42.5 Å². The zero-order chi connectivity index (χ0) is 16.2. The van der Waals surface area contributed by atoms with Gasteiger partial charge in [-0.05, 0) is 24.3 Å². The quantitative estimate of drug-likeness (QED) is 0.773. The number of H-pyrrole nitrogens is 1. The van der Waals surface area contributed by atoms with Gasteiger partial charge in [-0.2, -0.15) is 0 Å². The highest BCUT2D eigenvalue weighted by Crippen LogP contribution is 2.23. The fraction of sp³-hybridized carbons (Fsp3) is 0.118. The number of methoxy groups -OCH3 is 1. The lowest BCUT2D eigenvalue weighted by atomic mass is 10.2.